The molecule has 0 aromatic heterocycles. The molecule has 1 atom stereocenters. The van der Waals surface area contributed by atoms with Crippen molar-refractivity contribution in [3.05, 3.63) is 35.1 Å². The first-order valence-electron chi connectivity index (χ1n) is 4.70. The van der Waals surface area contributed by atoms with Crippen molar-refractivity contribution in [1.29, 1.82) is 0 Å². The fourth-order valence-electron chi connectivity index (χ4n) is 1.84. The molecule has 1 aromatic carbocycles. The van der Waals surface area contributed by atoms with Gasteiger partial charge in [-0.2, -0.15) is 0 Å². The van der Waals surface area contributed by atoms with Crippen LogP contribution in [-0.2, 0) is 24.0 Å². The number of hydrogen-bond donors (Lipinski definition) is 0. The zero-order valence-electron chi connectivity index (χ0n) is 8.11. The molecule has 1 aliphatic heterocycles. The Balaban J connectivity index is 2.14. The molecule has 2 rings (SSSR count). The van der Waals surface area contributed by atoms with Gasteiger partial charge in [-0.1, -0.05) is 6.07 Å². The van der Waals surface area contributed by atoms with Crippen molar-refractivity contribution < 1.29 is 13.2 Å². The maximum atomic E-state index is 12.9. The monoisotopic (exact) mass is 228 g/mol. The molecule has 0 saturated carbocycles. The second-order valence-corrected chi connectivity index (χ2v) is 4.51. The van der Waals surface area contributed by atoms with Gasteiger partial charge in [0.2, 0.25) is 0 Å². The summed E-state index contributed by atoms with van der Waals surface area (Å²) in [5.41, 5.74) is 2.01. The van der Waals surface area contributed by atoms with Gasteiger partial charge in [-0.3, -0.25) is 9.11 Å². The Kier molecular flexibility index (Phi) is 3.14. The normalized spacial score (nSPS) is 18.5. The SMILES string of the molecule is O=S([O-])CN1CCc2ccc(F)cc2C1. The van der Waals surface area contributed by atoms with Crippen molar-refractivity contribution in [2.45, 2.75) is 13.0 Å². The molecule has 5 heteroatoms. The third-order valence-electron chi connectivity index (χ3n) is 2.55. The Hall–Kier alpha value is -0.780. The number of halogens is 1. The Labute approximate surface area is 90.2 Å². The number of fused-ring (bicyclic) bond motifs is 1. The van der Waals surface area contributed by atoms with Crippen molar-refractivity contribution in [1.82, 2.24) is 4.90 Å². The summed E-state index contributed by atoms with van der Waals surface area (Å²) >= 11 is -2.06. The predicted octanol–water partition coefficient (Wildman–Crippen LogP) is 1.02. The minimum atomic E-state index is -2.06. The van der Waals surface area contributed by atoms with Crippen molar-refractivity contribution >= 4 is 11.1 Å². The van der Waals surface area contributed by atoms with Gasteiger partial charge < -0.3 is 4.55 Å². The van der Waals surface area contributed by atoms with Crippen LogP contribution in [0.3, 0.4) is 0 Å². The molecule has 82 valence electrons. The molecule has 0 radical (unpaired) electrons. The molecule has 1 unspecified atom stereocenters. The van der Waals surface area contributed by atoms with Gasteiger partial charge in [0.05, 0.1) is 5.88 Å². The van der Waals surface area contributed by atoms with E-state index in [1.54, 1.807) is 11.0 Å². The smallest absolute Gasteiger partial charge is 0.123 e. The van der Waals surface area contributed by atoms with Crippen LogP contribution in [0.2, 0.25) is 0 Å². The molecule has 0 amide bonds. The van der Waals surface area contributed by atoms with Crippen molar-refractivity contribution in [2.75, 3.05) is 12.4 Å². The quantitative estimate of drug-likeness (QED) is 0.710. The van der Waals surface area contributed by atoms with E-state index in [2.05, 4.69) is 0 Å². The van der Waals surface area contributed by atoms with Gasteiger partial charge in [0.1, 0.15) is 5.82 Å². The summed E-state index contributed by atoms with van der Waals surface area (Å²) < 4.78 is 34.0. The van der Waals surface area contributed by atoms with Crippen LogP contribution in [0.5, 0.6) is 0 Å². The first-order chi connectivity index (χ1) is 7.15. The average Bonchev–Trinajstić information content (AvgIpc) is 2.16. The molecule has 0 aliphatic carbocycles. The van der Waals surface area contributed by atoms with E-state index in [0.717, 1.165) is 17.5 Å². The fourth-order valence-corrected chi connectivity index (χ4v) is 2.36. The van der Waals surface area contributed by atoms with Gasteiger partial charge >= 0.3 is 0 Å². The Bertz CT molecular complexity index is 397. The van der Waals surface area contributed by atoms with E-state index in [4.69, 9.17) is 0 Å². The standard InChI is InChI=1S/C10H12FNO2S/c11-10-2-1-8-3-4-12(7-15(13)14)6-9(8)5-10/h1-2,5H,3-4,6-7H2,(H,13,14)/p-1. The zero-order valence-corrected chi connectivity index (χ0v) is 8.93. The van der Waals surface area contributed by atoms with Crippen LogP contribution in [0.1, 0.15) is 11.1 Å². The van der Waals surface area contributed by atoms with Crippen molar-refractivity contribution in [3.63, 3.8) is 0 Å². The van der Waals surface area contributed by atoms with E-state index in [1.807, 2.05) is 0 Å². The molecule has 0 bridgehead atoms. The zero-order chi connectivity index (χ0) is 10.8. The largest absolute Gasteiger partial charge is 0.771 e. The minimum Gasteiger partial charge on any atom is -0.771 e. The number of benzene rings is 1. The van der Waals surface area contributed by atoms with E-state index < -0.39 is 11.1 Å². The van der Waals surface area contributed by atoms with E-state index >= 15 is 0 Å². The van der Waals surface area contributed by atoms with Crippen LogP contribution in [0.15, 0.2) is 18.2 Å². The number of hydrogen-bond acceptors (Lipinski definition) is 3. The predicted molar refractivity (Wildman–Crippen MR) is 54.3 cm³/mol. The van der Waals surface area contributed by atoms with E-state index in [-0.39, 0.29) is 11.7 Å². The summed E-state index contributed by atoms with van der Waals surface area (Å²) in [6.45, 7) is 1.23. The Morgan fingerprint density at radius 2 is 2.27 bits per heavy atom. The molecule has 0 fully saturated rings. The van der Waals surface area contributed by atoms with Crippen LogP contribution in [0, 0.1) is 5.82 Å². The van der Waals surface area contributed by atoms with Gasteiger partial charge in [-0.25, -0.2) is 4.39 Å². The van der Waals surface area contributed by atoms with Crippen LogP contribution >= 0.6 is 0 Å². The molecule has 15 heavy (non-hydrogen) atoms. The lowest BCUT2D eigenvalue weighted by Gasteiger charge is -2.29. The van der Waals surface area contributed by atoms with Crippen LogP contribution in [0.25, 0.3) is 0 Å². The van der Waals surface area contributed by atoms with Crippen molar-refractivity contribution in [2.24, 2.45) is 0 Å². The summed E-state index contributed by atoms with van der Waals surface area (Å²) in [6.07, 6.45) is 0.785. The molecule has 3 nitrogen and oxygen atoms in total. The van der Waals surface area contributed by atoms with Gasteiger partial charge in [0, 0.05) is 13.1 Å². The second-order valence-electron chi connectivity index (χ2n) is 3.65. The summed E-state index contributed by atoms with van der Waals surface area (Å²) in [5.74, 6) is -0.241. The molecule has 1 heterocycles. The Morgan fingerprint density at radius 1 is 1.47 bits per heavy atom. The van der Waals surface area contributed by atoms with E-state index in [9.17, 15) is 13.2 Å². The molecule has 1 aliphatic rings. The summed E-state index contributed by atoms with van der Waals surface area (Å²) in [7, 11) is 0. The molecule has 0 saturated heterocycles. The molecular weight excluding hydrogens is 217 g/mol. The molecular formula is C10H11FNO2S-. The minimum absolute atomic E-state index is 0.0238. The maximum Gasteiger partial charge on any atom is 0.123 e. The summed E-state index contributed by atoms with van der Waals surface area (Å²) in [6, 6.07) is 4.70. The average molecular weight is 228 g/mol. The van der Waals surface area contributed by atoms with Crippen molar-refractivity contribution in [3.8, 4) is 0 Å². The highest BCUT2D eigenvalue weighted by Crippen LogP contribution is 2.19. The second kappa shape index (κ2) is 4.38. The van der Waals surface area contributed by atoms with Crippen LogP contribution in [0.4, 0.5) is 4.39 Å². The lowest BCUT2D eigenvalue weighted by Crippen LogP contribution is -2.33. The first-order valence-corrected chi connectivity index (χ1v) is 5.95. The first kappa shape index (κ1) is 10.7. The topological polar surface area (TPSA) is 43.4 Å². The summed E-state index contributed by atoms with van der Waals surface area (Å²) in [4.78, 5) is 1.80. The van der Waals surface area contributed by atoms with E-state index in [0.29, 0.717) is 13.1 Å². The van der Waals surface area contributed by atoms with Gasteiger partial charge in [-0.15, -0.1) is 0 Å². The third kappa shape index (κ3) is 2.62. The molecule has 0 spiro atoms. The van der Waals surface area contributed by atoms with Crippen LogP contribution in [-0.4, -0.2) is 26.1 Å². The van der Waals surface area contributed by atoms with E-state index in [1.165, 1.54) is 12.1 Å². The number of nitrogens with zero attached hydrogens (tertiary/aromatic N) is 1. The number of rotatable bonds is 2. The molecule has 0 N–H and O–H groups in total. The maximum absolute atomic E-state index is 12.9. The summed E-state index contributed by atoms with van der Waals surface area (Å²) in [5, 5.41) is 0. The van der Waals surface area contributed by atoms with Crippen LogP contribution < -0.4 is 0 Å². The molecule has 1 aromatic rings. The third-order valence-corrected chi connectivity index (χ3v) is 3.12. The Morgan fingerprint density at radius 3 is 3.00 bits per heavy atom. The van der Waals surface area contributed by atoms with Gasteiger partial charge in [-0.05, 0) is 40.8 Å². The fraction of sp³-hybridized carbons (Fsp3) is 0.400. The van der Waals surface area contributed by atoms with Gasteiger partial charge in [0.25, 0.3) is 0 Å². The highest BCUT2D eigenvalue weighted by molar-refractivity contribution is 7.79. The van der Waals surface area contributed by atoms with Gasteiger partial charge in [0.15, 0.2) is 0 Å². The lowest BCUT2D eigenvalue weighted by molar-refractivity contribution is 0.289. The lowest BCUT2D eigenvalue weighted by atomic mass is 10.0. The highest BCUT2D eigenvalue weighted by atomic mass is 32.2. The highest BCUT2D eigenvalue weighted by Gasteiger charge is 2.16.